The highest BCUT2D eigenvalue weighted by molar-refractivity contribution is 5.70. The van der Waals surface area contributed by atoms with Crippen LogP contribution in [0.3, 0.4) is 0 Å². The highest BCUT2D eigenvalue weighted by atomic mass is 16.6. The van der Waals surface area contributed by atoms with E-state index in [-0.39, 0.29) is 17.9 Å². The van der Waals surface area contributed by atoms with Gasteiger partial charge in [-0.3, -0.25) is 4.79 Å². The van der Waals surface area contributed by atoms with Crippen LogP contribution in [0, 0.1) is 17.0 Å². The average Bonchev–Trinajstić information content (AvgIpc) is 2.07. The van der Waals surface area contributed by atoms with Gasteiger partial charge in [-0.1, -0.05) is 0 Å². The van der Waals surface area contributed by atoms with Gasteiger partial charge in [0.2, 0.25) is 0 Å². The molecule has 0 bridgehead atoms. The number of aryl methyl sites for hydroxylation is 1. The van der Waals surface area contributed by atoms with Gasteiger partial charge in [-0.25, -0.2) is 0 Å². The Morgan fingerprint density at radius 2 is 2.29 bits per heavy atom. The van der Waals surface area contributed by atoms with Crippen molar-refractivity contribution in [3.05, 3.63) is 33.5 Å². The molecule has 0 saturated heterocycles. The summed E-state index contributed by atoms with van der Waals surface area (Å²) in [7, 11) is 0. The van der Waals surface area contributed by atoms with Crippen LogP contribution < -0.4 is 0 Å². The fourth-order valence-electron chi connectivity index (χ4n) is 0.983. The second kappa shape index (κ2) is 3.82. The molecule has 74 valence electrons. The van der Waals surface area contributed by atoms with Crippen LogP contribution in [0.25, 0.3) is 0 Å². The highest BCUT2D eigenvalue weighted by Crippen LogP contribution is 2.12. The zero-order chi connectivity index (χ0) is 10.7. The summed E-state index contributed by atoms with van der Waals surface area (Å²) >= 11 is 0. The first-order chi connectivity index (χ1) is 6.50. The molecule has 0 amide bonds. The number of hydrogen-bond acceptors (Lipinski definition) is 4. The van der Waals surface area contributed by atoms with E-state index in [1.54, 1.807) is 6.92 Å². The van der Waals surface area contributed by atoms with E-state index in [9.17, 15) is 14.9 Å². The second-order valence-corrected chi connectivity index (χ2v) is 2.76. The third-order valence-electron chi connectivity index (χ3n) is 1.69. The molecule has 0 aliphatic carbocycles. The summed E-state index contributed by atoms with van der Waals surface area (Å²) in [5.41, 5.74) is 0.865. The zero-order valence-electron chi connectivity index (χ0n) is 7.43. The molecule has 0 saturated carbocycles. The van der Waals surface area contributed by atoms with Gasteiger partial charge < -0.3 is 15.2 Å². The van der Waals surface area contributed by atoms with Crippen LogP contribution in [0.5, 0.6) is 0 Å². The third kappa shape index (κ3) is 2.25. The topological polar surface area (TPSA) is 93.3 Å². The van der Waals surface area contributed by atoms with Gasteiger partial charge in [0.25, 0.3) is 0 Å². The van der Waals surface area contributed by atoms with Crippen LogP contribution in [0.1, 0.15) is 11.3 Å². The van der Waals surface area contributed by atoms with E-state index in [0.29, 0.717) is 5.56 Å². The van der Waals surface area contributed by atoms with Gasteiger partial charge in [0.15, 0.2) is 5.69 Å². The van der Waals surface area contributed by atoms with Gasteiger partial charge >= 0.3 is 11.8 Å². The van der Waals surface area contributed by atoms with Crippen molar-refractivity contribution in [2.24, 2.45) is 0 Å². The van der Waals surface area contributed by atoms with Crippen molar-refractivity contribution in [3.63, 3.8) is 0 Å². The Hall–Kier alpha value is -1.98. The molecule has 14 heavy (non-hydrogen) atoms. The maximum Gasteiger partial charge on any atom is 0.363 e. The van der Waals surface area contributed by atoms with E-state index in [1.807, 2.05) is 0 Å². The summed E-state index contributed by atoms with van der Waals surface area (Å²) in [6.45, 7) is 1.66. The lowest BCUT2D eigenvalue weighted by Crippen LogP contribution is -2.06. The van der Waals surface area contributed by atoms with Crippen LogP contribution in [0.15, 0.2) is 12.1 Å². The van der Waals surface area contributed by atoms with Crippen LogP contribution in [0.4, 0.5) is 5.82 Å². The molecule has 1 N–H and O–H groups in total. The minimum Gasteiger partial charge on any atom is -0.481 e. The normalized spacial score (nSPS) is 9.79. The van der Waals surface area contributed by atoms with Gasteiger partial charge in [0.05, 0.1) is 0 Å². The van der Waals surface area contributed by atoms with Crippen molar-refractivity contribution < 1.29 is 14.8 Å². The Bertz CT molecular complexity index is 389. The first-order valence-corrected chi connectivity index (χ1v) is 3.83. The number of aliphatic carboxylic acids is 1. The summed E-state index contributed by atoms with van der Waals surface area (Å²) in [5, 5.41) is 18.9. The zero-order valence-corrected chi connectivity index (χ0v) is 7.43. The molecule has 0 unspecified atom stereocenters. The number of hydrogen-bond donors (Lipinski definition) is 1. The standard InChI is InChI=1S/C8H8N2O4/c1-5-2-3-7(10(13)14)9-6(5)4-8(11)12/h2-3H,4H2,1H3,(H,11,12). The minimum absolute atomic E-state index is 0.228. The van der Waals surface area contributed by atoms with Crippen molar-refractivity contribution in [3.8, 4) is 0 Å². The molecule has 6 heteroatoms. The predicted octanol–water partition coefficient (Wildman–Crippen LogP) is 0.925. The Balaban J connectivity index is 3.08. The van der Waals surface area contributed by atoms with Gasteiger partial charge in [-0.05, 0) is 28.5 Å². The van der Waals surface area contributed by atoms with Crippen LogP contribution in [0.2, 0.25) is 0 Å². The molecule has 1 aromatic heterocycles. The summed E-state index contributed by atoms with van der Waals surface area (Å²) < 4.78 is 0. The lowest BCUT2D eigenvalue weighted by molar-refractivity contribution is -0.389. The maximum absolute atomic E-state index is 10.4. The lowest BCUT2D eigenvalue weighted by Gasteiger charge is -1.97. The first kappa shape index (κ1) is 10.1. The molecule has 0 aromatic carbocycles. The molecular formula is C8H8N2O4. The second-order valence-electron chi connectivity index (χ2n) is 2.76. The van der Waals surface area contributed by atoms with Crippen molar-refractivity contribution in [2.75, 3.05) is 0 Å². The number of carbonyl (C=O) groups is 1. The van der Waals surface area contributed by atoms with Crippen LogP contribution >= 0.6 is 0 Å². The van der Waals surface area contributed by atoms with E-state index in [2.05, 4.69) is 4.98 Å². The smallest absolute Gasteiger partial charge is 0.363 e. The lowest BCUT2D eigenvalue weighted by atomic mass is 10.1. The average molecular weight is 196 g/mol. The molecule has 0 aliphatic rings. The summed E-state index contributed by atoms with van der Waals surface area (Å²) in [4.78, 5) is 23.7. The molecule has 0 atom stereocenters. The van der Waals surface area contributed by atoms with E-state index >= 15 is 0 Å². The van der Waals surface area contributed by atoms with Crippen molar-refractivity contribution in [1.82, 2.24) is 4.98 Å². The number of nitro groups is 1. The quantitative estimate of drug-likeness (QED) is 0.573. The van der Waals surface area contributed by atoms with Gasteiger partial charge in [0, 0.05) is 6.07 Å². The number of rotatable bonds is 3. The summed E-state index contributed by atoms with van der Waals surface area (Å²) in [6.07, 6.45) is -0.298. The van der Waals surface area contributed by atoms with E-state index in [1.165, 1.54) is 12.1 Å². The molecule has 0 aliphatic heterocycles. The fraction of sp³-hybridized carbons (Fsp3) is 0.250. The SMILES string of the molecule is Cc1ccc([N+](=O)[O-])nc1CC(=O)O. The predicted molar refractivity (Wildman–Crippen MR) is 47.0 cm³/mol. The number of carboxylic acids is 1. The largest absolute Gasteiger partial charge is 0.481 e. The monoisotopic (exact) mass is 196 g/mol. The van der Waals surface area contributed by atoms with Crippen molar-refractivity contribution in [1.29, 1.82) is 0 Å². The molecule has 1 heterocycles. The van der Waals surface area contributed by atoms with Gasteiger partial charge in [-0.2, -0.15) is 0 Å². The highest BCUT2D eigenvalue weighted by Gasteiger charge is 2.15. The molecule has 1 rings (SSSR count). The molecular weight excluding hydrogens is 188 g/mol. The molecule has 0 spiro atoms. The number of nitrogens with zero attached hydrogens (tertiary/aromatic N) is 2. The van der Waals surface area contributed by atoms with E-state index in [4.69, 9.17) is 5.11 Å². The number of pyridine rings is 1. The first-order valence-electron chi connectivity index (χ1n) is 3.83. The Labute approximate surface area is 79.4 Å². The van der Waals surface area contributed by atoms with Gasteiger partial charge in [-0.15, -0.1) is 0 Å². The Morgan fingerprint density at radius 3 is 2.79 bits per heavy atom. The fourth-order valence-corrected chi connectivity index (χ4v) is 0.983. The van der Waals surface area contributed by atoms with Crippen LogP contribution in [-0.4, -0.2) is 21.0 Å². The number of aromatic nitrogens is 1. The maximum atomic E-state index is 10.4. The summed E-state index contributed by atoms with van der Waals surface area (Å²) in [6, 6.07) is 2.74. The summed E-state index contributed by atoms with van der Waals surface area (Å²) in [5.74, 6) is -1.38. The molecule has 1 aromatic rings. The van der Waals surface area contributed by atoms with E-state index < -0.39 is 10.9 Å². The molecule has 6 nitrogen and oxygen atoms in total. The molecule has 0 fully saturated rings. The number of carboxylic acid groups (broad SMARTS) is 1. The Kier molecular flexibility index (Phi) is 2.76. The minimum atomic E-state index is -1.05. The Morgan fingerprint density at radius 1 is 1.64 bits per heavy atom. The van der Waals surface area contributed by atoms with E-state index in [0.717, 1.165) is 0 Å². The van der Waals surface area contributed by atoms with Crippen LogP contribution in [-0.2, 0) is 11.2 Å². The van der Waals surface area contributed by atoms with Crippen molar-refractivity contribution >= 4 is 11.8 Å². The van der Waals surface area contributed by atoms with Crippen molar-refractivity contribution in [2.45, 2.75) is 13.3 Å². The van der Waals surface area contributed by atoms with Gasteiger partial charge in [0.1, 0.15) is 6.42 Å². The third-order valence-corrected chi connectivity index (χ3v) is 1.69. The molecule has 0 radical (unpaired) electrons.